The number of carbonyl (C=O) groups is 1. The molecule has 1 atom stereocenters. The molecule has 122 valence electrons. The molecule has 2 aromatic rings. The molecule has 1 unspecified atom stereocenters. The lowest BCUT2D eigenvalue weighted by molar-refractivity contribution is -0.385. The fourth-order valence-electron chi connectivity index (χ4n) is 2.27. The number of nitrogens with zero attached hydrogens (tertiary/aromatic N) is 3. The minimum atomic E-state index is -0.551. The Balaban J connectivity index is 2.06. The molecule has 1 aromatic heterocycles. The lowest BCUT2D eigenvalue weighted by Gasteiger charge is -2.19. The smallest absolute Gasteiger partial charge is 0.307 e. The lowest BCUT2D eigenvalue weighted by atomic mass is 10.0. The van der Waals surface area contributed by atoms with Gasteiger partial charge >= 0.3 is 5.69 Å². The topological polar surface area (TPSA) is 99.3 Å². The minimum Gasteiger partial charge on any atom is -0.496 e. The molecule has 2 rings (SSSR count). The zero-order valence-electron chi connectivity index (χ0n) is 12.9. The maximum Gasteiger partial charge on any atom is 0.307 e. The number of methoxy groups -OCH3 is 1. The van der Waals surface area contributed by atoms with E-state index in [0.717, 1.165) is 11.8 Å². The van der Waals surface area contributed by atoms with Crippen LogP contribution in [0.3, 0.4) is 0 Å². The molecule has 0 radical (unpaired) electrons. The van der Waals surface area contributed by atoms with Gasteiger partial charge in [0.2, 0.25) is 5.91 Å². The van der Waals surface area contributed by atoms with Gasteiger partial charge in [-0.1, -0.05) is 25.1 Å². The Morgan fingerprint density at radius 2 is 2.22 bits per heavy atom. The molecule has 8 heteroatoms. The molecule has 0 aliphatic rings. The Morgan fingerprint density at radius 1 is 1.48 bits per heavy atom. The van der Waals surface area contributed by atoms with Gasteiger partial charge in [0, 0.05) is 5.56 Å². The molecule has 1 N–H and O–H groups in total. The molecule has 8 nitrogen and oxygen atoms in total. The monoisotopic (exact) mass is 318 g/mol. The number of carbonyl (C=O) groups excluding carboxylic acids is 1. The standard InChI is InChI=1S/C15H18N4O4/c1-3-13(12-6-4-5-7-14(12)23-2)17-15(20)10-18-9-11(8-16-18)19(21)22/h4-9,13H,3,10H2,1-2H3,(H,17,20). The predicted octanol–water partition coefficient (Wildman–Crippen LogP) is 2.07. The highest BCUT2D eigenvalue weighted by Gasteiger charge is 2.17. The summed E-state index contributed by atoms with van der Waals surface area (Å²) >= 11 is 0. The number of hydrogen-bond donors (Lipinski definition) is 1. The van der Waals surface area contributed by atoms with Gasteiger partial charge in [-0.15, -0.1) is 0 Å². The maximum absolute atomic E-state index is 12.2. The van der Waals surface area contributed by atoms with E-state index in [-0.39, 0.29) is 24.2 Å². The van der Waals surface area contributed by atoms with Crippen molar-refractivity contribution >= 4 is 11.6 Å². The summed E-state index contributed by atoms with van der Waals surface area (Å²) in [6, 6.07) is 7.26. The molecule has 1 aromatic carbocycles. The Bertz CT molecular complexity index is 698. The van der Waals surface area contributed by atoms with Gasteiger partial charge in [-0.3, -0.25) is 19.6 Å². The van der Waals surface area contributed by atoms with Crippen molar-refractivity contribution in [2.45, 2.75) is 25.9 Å². The van der Waals surface area contributed by atoms with Crippen molar-refractivity contribution in [3.8, 4) is 5.75 Å². The first-order valence-electron chi connectivity index (χ1n) is 7.14. The summed E-state index contributed by atoms with van der Waals surface area (Å²) in [5.41, 5.74) is 0.742. The molecule has 1 amide bonds. The van der Waals surface area contributed by atoms with E-state index < -0.39 is 4.92 Å². The predicted molar refractivity (Wildman–Crippen MR) is 83.1 cm³/mol. The summed E-state index contributed by atoms with van der Waals surface area (Å²) in [4.78, 5) is 22.2. The number of nitro groups is 1. The summed E-state index contributed by atoms with van der Waals surface area (Å²) in [6.45, 7) is 1.87. The average molecular weight is 318 g/mol. The highest BCUT2D eigenvalue weighted by molar-refractivity contribution is 5.76. The minimum absolute atomic E-state index is 0.0838. The van der Waals surface area contributed by atoms with Crippen molar-refractivity contribution in [1.29, 1.82) is 0 Å². The third-order valence-corrected chi connectivity index (χ3v) is 3.39. The van der Waals surface area contributed by atoms with Crippen molar-refractivity contribution in [2.24, 2.45) is 0 Å². The van der Waals surface area contributed by atoms with Gasteiger partial charge in [-0.2, -0.15) is 5.10 Å². The van der Waals surface area contributed by atoms with Gasteiger partial charge < -0.3 is 10.1 Å². The van der Waals surface area contributed by atoms with Crippen LogP contribution >= 0.6 is 0 Å². The Hall–Kier alpha value is -2.90. The first kappa shape index (κ1) is 16.5. The van der Waals surface area contributed by atoms with Crippen LogP contribution in [0, 0.1) is 10.1 Å². The molecule has 0 aliphatic heterocycles. The third-order valence-electron chi connectivity index (χ3n) is 3.39. The zero-order chi connectivity index (χ0) is 16.8. The molecule has 23 heavy (non-hydrogen) atoms. The molecular weight excluding hydrogens is 300 g/mol. The van der Waals surface area contributed by atoms with Crippen LogP contribution in [0.4, 0.5) is 5.69 Å². The number of rotatable bonds is 7. The van der Waals surface area contributed by atoms with Crippen LogP contribution in [0.5, 0.6) is 5.75 Å². The highest BCUT2D eigenvalue weighted by atomic mass is 16.6. The zero-order valence-corrected chi connectivity index (χ0v) is 12.9. The van der Waals surface area contributed by atoms with Crippen LogP contribution < -0.4 is 10.1 Å². The van der Waals surface area contributed by atoms with Crippen LogP contribution in [-0.2, 0) is 11.3 Å². The van der Waals surface area contributed by atoms with Crippen LogP contribution in [0.1, 0.15) is 24.9 Å². The first-order chi connectivity index (χ1) is 11.0. The maximum atomic E-state index is 12.2. The van der Waals surface area contributed by atoms with Gasteiger partial charge in [-0.25, -0.2) is 0 Å². The number of nitrogens with one attached hydrogen (secondary N) is 1. The van der Waals surface area contributed by atoms with Gasteiger partial charge in [0.1, 0.15) is 24.7 Å². The molecule has 1 heterocycles. The van der Waals surface area contributed by atoms with Crippen molar-refractivity contribution in [1.82, 2.24) is 15.1 Å². The summed E-state index contributed by atoms with van der Waals surface area (Å²) in [5.74, 6) is 0.426. The number of hydrogen-bond acceptors (Lipinski definition) is 5. The van der Waals surface area contributed by atoms with Crippen molar-refractivity contribution < 1.29 is 14.5 Å². The van der Waals surface area contributed by atoms with Crippen molar-refractivity contribution in [3.63, 3.8) is 0 Å². The molecule has 0 spiro atoms. The van der Waals surface area contributed by atoms with E-state index in [9.17, 15) is 14.9 Å². The second-order valence-corrected chi connectivity index (χ2v) is 4.92. The fraction of sp³-hybridized carbons (Fsp3) is 0.333. The van der Waals surface area contributed by atoms with E-state index in [1.165, 1.54) is 10.9 Å². The number of para-hydroxylation sites is 1. The van der Waals surface area contributed by atoms with Gasteiger partial charge in [0.05, 0.1) is 18.1 Å². The van der Waals surface area contributed by atoms with E-state index in [0.29, 0.717) is 12.2 Å². The highest BCUT2D eigenvalue weighted by Crippen LogP contribution is 2.26. The number of aromatic nitrogens is 2. The second-order valence-electron chi connectivity index (χ2n) is 4.92. The lowest BCUT2D eigenvalue weighted by Crippen LogP contribution is -2.31. The number of ether oxygens (including phenoxy) is 1. The van der Waals surface area contributed by atoms with Gasteiger partial charge in [0.25, 0.3) is 0 Å². The van der Waals surface area contributed by atoms with E-state index in [1.54, 1.807) is 7.11 Å². The van der Waals surface area contributed by atoms with Crippen molar-refractivity contribution in [2.75, 3.05) is 7.11 Å². The average Bonchev–Trinajstić information content (AvgIpc) is 3.01. The van der Waals surface area contributed by atoms with E-state index in [1.807, 2.05) is 31.2 Å². The Labute approximate surface area is 133 Å². The summed E-state index contributed by atoms with van der Waals surface area (Å²) < 4.78 is 6.55. The molecule has 0 saturated carbocycles. The van der Waals surface area contributed by atoms with E-state index in [2.05, 4.69) is 10.4 Å². The SMILES string of the molecule is CCC(NC(=O)Cn1cc([N+](=O)[O-])cn1)c1ccccc1OC. The van der Waals surface area contributed by atoms with Crippen molar-refractivity contribution in [3.05, 3.63) is 52.3 Å². The van der Waals surface area contributed by atoms with Crippen LogP contribution in [0.2, 0.25) is 0 Å². The normalized spacial score (nSPS) is 11.7. The van der Waals surface area contributed by atoms with Gasteiger partial charge in [-0.05, 0) is 12.5 Å². The largest absolute Gasteiger partial charge is 0.496 e. The van der Waals surface area contributed by atoms with E-state index >= 15 is 0 Å². The Kier molecular flexibility index (Phi) is 5.29. The molecule has 0 aliphatic carbocycles. The second kappa shape index (κ2) is 7.39. The molecule has 0 saturated heterocycles. The summed E-state index contributed by atoms with van der Waals surface area (Å²) in [5, 5.41) is 17.3. The van der Waals surface area contributed by atoms with Crippen LogP contribution in [0.15, 0.2) is 36.7 Å². The van der Waals surface area contributed by atoms with Crippen LogP contribution in [-0.4, -0.2) is 27.7 Å². The number of amides is 1. The first-order valence-corrected chi connectivity index (χ1v) is 7.14. The molecular formula is C15H18N4O4. The Morgan fingerprint density at radius 3 is 2.83 bits per heavy atom. The fourth-order valence-corrected chi connectivity index (χ4v) is 2.27. The summed E-state index contributed by atoms with van der Waals surface area (Å²) in [6.07, 6.45) is 3.03. The summed E-state index contributed by atoms with van der Waals surface area (Å²) in [7, 11) is 1.58. The van der Waals surface area contributed by atoms with Crippen LogP contribution in [0.25, 0.3) is 0 Å². The third kappa shape index (κ3) is 4.06. The van der Waals surface area contributed by atoms with Gasteiger partial charge in [0.15, 0.2) is 0 Å². The number of benzene rings is 1. The molecule has 0 fully saturated rings. The quantitative estimate of drug-likeness (QED) is 0.622. The van der Waals surface area contributed by atoms with E-state index in [4.69, 9.17) is 4.74 Å². The molecule has 0 bridgehead atoms.